The van der Waals surface area contributed by atoms with Gasteiger partial charge in [-0.1, -0.05) is 91.3 Å². The van der Waals surface area contributed by atoms with Crippen molar-refractivity contribution in [3.05, 3.63) is 131 Å². The third-order valence-electron chi connectivity index (χ3n) is 7.17. The van der Waals surface area contributed by atoms with Gasteiger partial charge < -0.3 is 10.2 Å². The highest BCUT2D eigenvalue weighted by molar-refractivity contribution is 7.92. The van der Waals surface area contributed by atoms with E-state index in [0.717, 1.165) is 9.87 Å². The van der Waals surface area contributed by atoms with Crippen molar-refractivity contribution in [2.45, 2.75) is 44.2 Å². The van der Waals surface area contributed by atoms with Crippen molar-refractivity contribution in [1.82, 2.24) is 10.2 Å². The zero-order valence-corrected chi connectivity index (χ0v) is 26.2. The van der Waals surface area contributed by atoms with E-state index in [-0.39, 0.29) is 34.1 Å². The number of sulfonamides is 1. The van der Waals surface area contributed by atoms with Crippen LogP contribution in [0, 0.1) is 12.7 Å². The fraction of sp³-hybridized carbons (Fsp3) is 0.235. The summed E-state index contributed by atoms with van der Waals surface area (Å²) in [5.41, 5.74) is 1.77. The second-order valence-electron chi connectivity index (χ2n) is 10.4. The molecule has 0 fully saturated rings. The van der Waals surface area contributed by atoms with Crippen molar-refractivity contribution in [2.24, 2.45) is 0 Å². The van der Waals surface area contributed by atoms with Crippen molar-refractivity contribution in [2.75, 3.05) is 17.4 Å². The Kier molecular flexibility index (Phi) is 11.1. The van der Waals surface area contributed by atoms with Crippen molar-refractivity contribution < 1.29 is 22.4 Å². The van der Waals surface area contributed by atoms with Crippen LogP contribution >= 0.6 is 11.6 Å². The number of carbonyl (C=O) groups is 2. The van der Waals surface area contributed by atoms with Crippen molar-refractivity contribution in [3.63, 3.8) is 0 Å². The number of amides is 2. The standard InChI is InChI=1S/C34H35ClFN3O4S/c1-3-20-37-34(41)32(21-26-12-6-4-7-13-26)38(23-27-14-10-11-17-30(27)36)33(40)24-39(31-22-28(35)19-18-25(31)2)44(42,43)29-15-8-5-9-16-29/h4-19,22,32H,3,20-21,23-24H2,1-2H3,(H,37,41)/t32-/m0/s1. The van der Waals surface area contributed by atoms with Crippen LogP contribution in [0.4, 0.5) is 10.1 Å². The monoisotopic (exact) mass is 635 g/mol. The number of halogens is 2. The maximum absolute atomic E-state index is 15.0. The average molecular weight is 636 g/mol. The van der Waals surface area contributed by atoms with E-state index < -0.39 is 40.2 Å². The number of rotatable bonds is 13. The molecule has 10 heteroatoms. The van der Waals surface area contributed by atoms with Gasteiger partial charge in [-0.25, -0.2) is 12.8 Å². The van der Waals surface area contributed by atoms with E-state index in [0.29, 0.717) is 18.5 Å². The van der Waals surface area contributed by atoms with E-state index in [9.17, 15) is 22.4 Å². The predicted octanol–water partition coefficient (Wildman–Crippen LogP) is 6.15. The van der Waals surface area contributed by atoms with Crippen LogP contribution in [0.15, 0.2) is 108 Å². The summed E-state index contributed by atoms with van der Waals surface area (Å²) in [6.07, 6.45) is 0.806. The normalized spacial score (nSPS) is 11.9. The Morgan fingerprint density at radius 1 is 0.909 bits per heavy atom. The number of benzene rings is 4. The van der Waals surface area contributed by atoms with Gasteiger partial charge in [0.15, 0.2) is 0 Å². The number of nitrogens with one attached hydrogen (secondary N) is 1. The van der Waals surface area contributed by atoms with Crippen LogP contribution < -0.4 is 9.62 Å². The third-order valence-corrected chi connectivity index (χ3v) is 9.18. The number of carbonyl (C=O) groups excluding carboxylic acids is 2. The zero-order chi connectivity index (χ0) is 31.7. The van der Waals surface area contributed by atoms with Gasteiger partial charge in [0.05, 0.1) is 10.6 Å². The van der Waals surface area contributed by atoms with Gasteiger partial charge in [-0.2, -0.15) is 0 Å². The van der Waals surface area contributed by atoms with Crippen LogP contribution in [0.2, 0.25) is 5.02 Å². The number of aryl methyl sites for hydroxylation is 1. The molecular formula is C34H35ClFN3O4S. The Bertz CT molecular complexity index is 1690. The second kappa shape index (κ2) is 15.0. The Morgan fingerprint density at radius 2 is 1.55 bits per heavy atom. The van der Waals surface area contributed by atoms with Gasteiger partial charge in [0.1, 0.15) is 18.4 Å². The summed E-state index contributed by atoms with van der Waals surface area (Å²) in [7, 11) is -4.27. The number of anilines is 1. The lowest BCUT2D eigenvalue weighted by atomic mass is 10.0. The molecule has 4 rings (SSSR count). The van der Waals surface area contributed by atoms with Gasteiger partial charge in [-0.05, 0) is 54.8 Å². The lowest BCUT2D eigenvalue weighted by molar-refractivity contribution is -0.140. The molecule has 0 bridgehead atoms. The summed E-state index contributed by atoms with van der Waals surface area (Å²) < 4.78 is 44.1. The summed E-state index contributed by atoms with van der Waals surface area (Å²) in [6.45, 7) is 3.10. The highest BCUT2D eigenvalue weighted by atomic mass is 35.5. The maximum atomic E-state index is 15.0. The van der Waals surface area contributed by atoms with Crippen LogP contribution in [0.3, 0.4) is 0 Å². The van der Waals surface area contributed by atoms with Gasteiger partial charge >= 0.3 is 0 Å². The van der Waals surface area contributed by atoms with E-state index in [1.165, 1.54) is 35.2 Å². The number of nitrogens with zero attached hydrogens (tertiary/aromatic N) is 2. The molecule has 4 aromatic carbocycles. The molecule has 0 aliphatic heterocycles. The first-order valence-electron chi connectivity index (χ1n) is 14.3. The van der Waals surface area contributed by atoms with Gasteiger partial charge in [-0.15, -0.1) is 0 Å². The molecular weight excluding hydrogens is 601 g/mol. The minimum atomic E-state index is -4.27. The Balaban J connectivity index is 1.83. The van der Waals surface area contributed by atoms with Crippen LogP contribution in [-0.2, 0) is 32.6 Å². The fourth-order valence-corrected chi connectivity index (χ4v) is 6.47. The Morgan fingerprint density at radius 3 is 2.20 bits per heavy atom. The smallest absolute Gasteiger partial charge is 0.264 e. The molecule has 230 valence electrons. The zero-order valence-electron chi connectivity index (χ0n) is 24.6. The molecule has 0 saturated heterocycles. The van der Waals surface area contributed by atoms with Crippen molar-refractivity contribution in [1.29, 1.82) is 0 Å². The van der Waals surface area contributed by atoms with Gasteiger partial charge in [0, 0.05) is 30.1 Å². The summed E-state index contributed by atoms with van der Waals surface area (Å²) in [4.78, 5) is 29.3. The average Bonchev–Trinajstić information content (AvgIpc) is 3.03. The van der Waals surface area contributed by atoms with E-state index in [4.69, 9.17) is 11.6 Å². The summed E-state index contributed by atoms with van der Waals surface area (Å²) in [5.74, 6) is -1.64. The van der Waals surface area contributed by atoms with Crippen molar-refractivity contribution >= 4 is 39.1 Å². The first-order chi connectivity index (χ1) is 21.1. The summed E-state index contributed by atoms with van der Waals surface area (Å²) in [6, 6.07) is 26.7. The lowest BCUT2D eigenvalue weighted by Gasteiger charge is -2.34. The molecule has 7 nitrogen and oxygen atoms in total. The largest absolute Gasteiger partial charge is 0.354 e. The highest BCUT2D eigenvalue weighted by Crippen LogP contribution is 2.30. The van der Waals surface area contributed by atoms with Crippen molar-refractivity contribution in [3.8, 4) is 0 Å². The van der Waals surface area contributed by atoms with Gasteiger partial charge in [-0.3, -0.25) is 13.9 Å². The van der Waals surface area contributed by atoms with Gasteiger partial charge in [0.25, 0.3) is 10.0 Å². The maximum Gasteiger partial charge on any atom is 0.264 e. The van der Waals surface area contributed by atoms with E-state index >= 15 is 0 Å². The quantitative estimate of drug-likeness (QED) is 0.191. The van der Waals surface area contributed by atoms with Crippen LogP contribution in [-0.4, -0.2) is 44.3 Å². The topological polar surface area (TPSA) is 86.8 Å². The molecule has 2 amide bonds. The molecule has 0 aliphatic rings. The fourth-order valence-electron chi connectivity index (χ4n) is 4.81. The van der Waals surface area contributed by atoms with E-state index in [2.05, 4.69) is 5.32 Å². The molecule has 0 aliphatic carbocycles. The molecule has 1 atom stereocenters. The molecule has 44 heavy (non-hydrogen) atoms. The summed E-state index contributed by atoms with van der Waals surface area (Å²) >= 11 is 6.30. The Hall–Kier alpha value is -4.21. The number of hydrogen-bond donors (Lipinski definition) is 1. The third kappa shape index (κ3) is 8.03. The minimum absolute atomic E-state index is 0.0191. The molecule has 0 spiro atoms. The van der Waals surface area contributed by atoms with Crippen LogP contribution in [0.1, 0.15) is 30.0 Å². The minimum Gasteiger partial charge on any atom is -0.354 e. The molecule has 1 N–H and O–H groups in total. The van der Waals surface area contributed by atoms with Crippen LogP contribution in [0.5, 0.6) is 0 Å². The van der Waals surface area contributed by atoms with Crippen LogP contribution in [0.25, 0.3) is 0 Å². The Labute approximate surface area is 263 Å². The second-order valence-corrected chi connectivity index (χ2v) is 12.7. The molecule has 0 saturated carbocycles. The predicted molar refractivity (Wildman–Crippen MR) is 171 cm³/mol. The SMILES string of the molecule is CCCNC(=O)[C@H](Cc1ccccc1)N(Cc1ccccc1F)C(=O)CN(c1cc(Cl)ccc1C)S(=O)(=O)c1ccccc1. The molecule has 0 radical (unpaired) electrons. The van der Waals surface area contributed by atoms with Gasteiger partial charge in [0.2, 0.25) is 11.8 Å². The lowest BCUT2D eigenvalue weighted by Crippen LogP contribution is -2.53. The molecule has 0 aromatic heterocycles. The summed E-state index contributed by atoms with van der Waals surface area (Å²) in [5, 5.41) is 3.16. The molecule has 0 heterocycles. The first kappa shape index (κ1) is 32.7. The first-order valence-corrected chi connectivity index (χ1v) is 16.1. The van der Waals surface area contributed by atoms with E-state index in [1.807, 2.05) is 37.3 Å². The number of hydrogen-bond acceptors (Lipinski definition) is 4. The molecule has 0 unspecified atom stereocenters. The van der Waals surface area contributed by atoms with E-state index in [1.54, 1.807) is 49.4 Å². The molecule has 4 aromatic rings. The highest BCUT2D eigenvalue weighted by Gasteiger charge is 2.35.